The monoisotopic (exact) mass is 290 g/mol. The molecule has 0 amide bonds. The maximum Gasteiger partial charge on any atom is 0.316 e. The van der Waals surface area contributed by atoms with E-state index in [4.69, 9.17) is 18.9 Å². The van der Waals surface area contributed by atoms with Crippen molar-refractivity contribution in [1.29, 1.82) is 0 Å². The Bertz CT molecular complexity index is 342. The van der Waals surface area contributed by atoms with Crippen LogP contribution in [0.3, 0.4) is 0 Å². The fraction of sp³-hybridized carbons (Fsp3) is 0.455. The van der Waals surface area contributed by atoms with Crippen molar-refractivity contribution < 1.29 is 18.9 Å². The predicted molar refractivity (Wildman–Crippen MR) is 63.4 cm³/mol. The van der Waals surface area contributed by atoms with Crippen LogP contribution in [0.25, 0.3) is 0 Å². The quantitative estimate of drug-likeness (QED) is 0.781. The van der Waals surface area contributed by atoms with E-state index in [-0.39, 0.29) is 0 Å². The lowest BCUT2D eigenvalue weighted by molar-refractivity contribution is -0.365. The second kappa shape index (κ2) is 5.63. The van der Waals surface area contributed by atoms with Gasteiger partial charge in [-0.1, -0.05) is 22.0 Å². The van der Waals surface area contributed by atoms with Crippen LogP contribution < -0.4 is 4.74 Å². The molecule has 5 heteroatoms. The summed E-state index contributed by atoms with van der Waals surface area (Å²) < 4.78 is 21.9. The Balaban J connectivity index is 3.38. The van der Waals surface area contributed by atoms with Gasteiger partial charge in [0.2, 0.25) is 0 Å². The van der Waals surface area contributed by atoms with Crippen LogP contribution in [0.15, 0.2) is 22.7 Å². The highest BCUT2D eigenvalue weighted by Crippen LogP contribution is 2.39. The number of halogens is 1. The zero-order valence-electron chi connectivity index (χ0n) is 9.74. The molecule has 1 aromatic carbocycles. The Kier molecular flexibility index (Phi) is 4.73. The molecular formula is C11H15BrO4. The number of hydrogen-bond donors (Lipinski definition) is 0. The van der Waals surface area contributed by atoms with Crippen molar-refractivity contribution >= 4 is 15.9 Å². The molecule has 0 saturated carbocycles. The van der Waals surface area contributed by atoms with Crippen LogP contribution in [0.5, 0.6) is 5.75 Å². The number of rotatable bonds is 5. The van der Waals surface area contributed by atoms with Gasteiger partial charge in [-0.3, -0.25) is 0 Å². The molecule has 0 aliphatic rings. The van der Waals surface area contributed by atoms with Gasteiger partial charge >= 0.3 is 5.97 Å². The summed E-state index contributed by atoms with van der Waals surface area (Å²) >= 11 is 3.43. The average Bonchev–Trinajstić information content (AvgIpc) is 2.33. The van der Waals surface area contributed by atoms with Gasteiger partial charge in [-0.25, -0.2) is 0 Å². The van der Waals surface area contributed by atoms with Crippen LogP contribution in [0.1, 0.15) is 5.56 Å². The number of benzene rings is 1. The average molecular weight is 291 g/mol. The van der Waals surface area contributed by atoms with E-state index in [0.717, 1.165) is 4.47 Å². The fourth-order valence-electron chi connectivity index (χ4n) is 1.53. The second-order valence-electron chi connectivity index (χ2n) is 2.99. The highest BCUT2D eigenvalue weighted by atomic mass is 79.9. The normalized spacial score (nSPS) is 11.6. The number of methoxy groups -OCH3 is 4. The van der Waals surface area contributed by atoms with Crippen molar-refractivity contribution in [3.05, 3.63) is 28.2 Å². The fourth-order valence-corrected chi connectivity index (χ4v) is 2.12. The van der Waals surface area contributed by atoms with E-state index in [1.54, 1.807) is 7.11 Å². The molecule has 1 aromatic rings. The van der Waals surface area contributed by atoms with E-state index in [1.807, 2.05) is 18.2 Å². The van der Waals surface area contributed by atoms with E-state index < -0.39 is 5.97 Å². The van der Waals surface area contributed by atoms with E-state index in [1.165, 1.54) is 21.3 Å². The van der Waals surface area contributed by atoms with E-state index in [9.17, 15) is 0 Å². The molecule has 0 bridgehead atoms. The third-order valence-corrected chi connectivity index (χ3v) is 2.97. The van der Waals surface area contributed by atoms with Crippen molar-refractivity contribution in [3.63, 3.8) is 0 Å². The zero-order valence-corrected chi connectivity index (χ0v) is 11.3. The predicted octanol–water partition coefficient (Wildman–Crippen LogP) is 2.51. The lowest BCUT2D eigenvalue weighted by Gasteiger charge is -2.30. The first-order valence-electron chi connectivity index (χ1n) is 4.63. The van der Waals surface area contributed by atoms with Crippen molar-refractivity contribution in [2.45, 2.75) is 5.97 Å². The Morgan fingerprint density at radius 3 is 2.00 bits per heavy atom. The molecule has 0 aliphatic carbocycles. The van der Waals surface area contributed by atoms with Gasteiger partial charge in [-0.2, -0.15) is 0 Å². The minimum atomic E-state index is -1.27. The topological polar surface area (TPSA) is 36.9 Å². The third kappa shape index (κ3) is 2.22. The smallest absolute Gasteiger partial charge is 0.316 e. The van der Waals surface area contributed by atoms with Gasteiger partial charge in [0.1, 0.15) is 5.75 Å². The van der Waals surface area contributed by atoms with Crippen LogP contribution in [-0.2, 0) is 20.2 Å². The summed E-state index contributed by atoms with van der Waals surface area (Å²) in [5.74, 6) is -0.647. The SMILES string of the molecule is COc1cccc(Br)c1C(OC)(OC)OC. The summed E-state index contributed by atoms with van der Waals surface area (Å²) in [4.78, 5) is 0. The Hall–Kier alpha value is -0.620. The highest BCUT2D eigenvalue weighted by Gasteiger charge is 2.37. The zero-order chi connectivity index (χ0) is 12.2. The third-order valence-electron chi connectivity index (χ3n) is 2.31. The van der Waals surface area contributed by atoms with Crippen molar-refractivity contribution in [1.82, 2.24) is 0 Å². The summed E-state index contributed by atoms with van der Waals surface area (Å²) in [7, 11) is 6.10. The molecule has 0 atom stereocenters. The minimum absolute atomic E-state index is 0.625. The first kappa shape index (κ1) is 13.4. The van der Waals surface area contributed by atoms with Crippen molar-refractivity contribution in [3.8, 4) is 5.75 Å². The van der Waals surface area contributed by atoms with Crippen LogP contribution in [0.4, 0.5) is 0 Å². The minimum Gasteiger partial charge on any atom is -0.496 e. The summed E-state index contributed by atoms with van der Waals surface area (Å²) in [5, 5.41) is 0. The Morgan fingerprint density at radius 1 is 1.00 bits per heavy atom. The lowest BCUT2D eigenvalue weighted by atomic mass is 10.1. The number of ether oxygens (including phenoxy) is 4. The van der Waals surface area contributed by atoms with Crippen LogP contribution in [0.2, 0.25) is 0 Å². The first-order valence-corrected chi connectivity index (χ1v) is 5.43. The van der Waals surface area contributed by atoms with Gasteiger partial charge in [0.15, 0.2) is 0 Å². The van der Waals surface area contributed by atoms with Gasteiger partial charge in [0.05, 0.1) is 12.7 Å². The standard InChI is InChI=1S/C11H15BrO4/c1-13-9-7-5-6-8(12)10(9)11(14-2,15-3)16-4/h5-7H,1-4H3. The summed E-state index contributed by atoms with van der Waals surface area (Å²) in [6.07, 6.45) is 0. The molecule has 0 saturated heterocycles. The van der Waals surface area contributed by atoms with Gasteiger partial charge < -0.3 is 18.9 Å². The van der Waals surface area contributed by atoms with Crippen LogP contribution >= 0.6 is 15.9 Å². The van der Waals surface area contributed by atoms with Crippen molar-refractivity contribution in [2.75, 3.05) is 28.4 Å². The molecule has 0 radical (unpaired) electrons. The molecular weight excluding hydrogens is 276 g/mol. The molecule has 90 valence electrons. The molecule has 16 heavy (non-hydrogen) atoms. The summed E-state index contributed by atoms with van der Waals surface area (Å²) in [6.45, 7) is 0. The van der Waals surface area contributed by atoms with Crippen LogP contribution in [-0.4, -0.2) is 28.4 Å². The van der Waals surface area contributed by atoms with Gasteiger partial charge in [0, 0.05) is 25.8 Å². The van der Waals surface area contributed by atoms with E-state index in [2.05, 4.69) is 15.9 Å². The largest absolute Gasteiger partial charge is 0.496 e. The summed E-state index contributed by atoms with van der Waals surface area (Å²) in [6, 6.07) is 5.54. The molecule has 0 N–H and O–H groups in total. The molecule has 0 aromatic heterocycles. The van der Waals surface area contributed by atoms with E-state index in [0.29, 0.717) is 11.3 Å². The molecule has 0 heterocycles. The molecule has 1 rings (SSSR count). The molecule has 0 fully saturated rings. The second-order valence-corrected chi connectivity index (χ2v) is 3.84. The summed E-state index contributed by atoms with van der Waals surface area (Å²) in [5.41, 5.74) is 0.657. The van der Waals surface area contributed by atoms with Gasteiger partial charge in [-0.05, 0) is 12.1 Å². The molecule has 0 aliphatic heterocycles. The Labute approximate surface area is 104 Å². The lowest BCUT2D eigenvalue weighted by Crippen LogP contribution is -2.33. The maximum atomic E-state index is 5.29. The molecule has 4 nitrogen and oxygen atoms in total. The molecule has 0 spiro atoms. The first-order chi connectivity index (χ1) is 7.65. The maximum absolute atomic E-state index is 5.29. The van der Waals surface area contributed by atoms with E-state index >= 15 is 0 Å². The Morgan fingerprint density at radius 2 is 1.56 bits per heavy atom. The van der Waals surface area contributed by atoms with Gasteiger partial charge in [0.25, 0.3) is 0 Å². The molecule has 0 unspecified atom stereocenters. The number of hydrogen-bond acceptors (Lipinski definition) is 4. The van der Waals surface area contributed by atoms with Crippen molar-refractivity contribution in [2.24, 2.45) is 0 Å². The van der Waals surface area contributed by atoms with Gasteiger partial charge in [-0.15, -0.1) is 0 Å². The van der Waals surface area contributed by atoms with Crippen LogP contribution in [0, 0.1) is 0 Å². The highest BCUT2D eigenvalue weighted by molar-refractivity contribution is 9.10.